The monoisotopic (exact) mass is 266 g/mol. The Balaban J connectivity index is 2.54. The summed E-state index contributed by atoms with van der Waals surface area (Å²) in [6.07, 6.45) is -0.602. The number of amides is 1. The molecular weight excluding hydrogens is 252 g/mol. The van der Waals surface area contributed by atoms with Crippen LogP contribution in [0.25, 0.3) is 0 Å². The molecule has 6 heteroatoms. The van der Waals surface area contributed by atoms with Crippen molar-refractivity contribution in [2.45, 2.75) is 13.8 Å². The summed E-state index contributed by atoms with van der Waals surface area (Å²) in [5.74, 6) is -0.00576. The molecule has 0 atom stereocenters. The van der Waals surface area contributed by atoms with Gasteiger partial charge in [0.2, 0.25) is 0 Å². The Morgan fingerprint density at radius 3 is 2.39 bits per heavy atom. The highest BCUT2D eigenvalue weighted by molar-refractivity contribution is 7.80. The maximum absolute atomic E-state index is 11.1. The van der Waals surface area contributed by atoms with Gasteiger partial charge in [0.15, 0.2) is 10.9 Å². The third kappa shape index (κ3) is 4.50. The smallest absolute Gasteiger partial charge is 0.413 e. The van der Waals surface area contributed by atoms with E-state index in [1.807, 2.05) is 0 Å². The second kappa shape index (κ2) is 6.70. The molecule has 0 heterocycles. The van der Waals surface area contributed by atoms with E-state index in [2.05, 4.69) is 15.4 Å². The number of ketones is 1. The van der Waals surface area contributed by atoms with Crippen molar-refractivity contribution in [3.8, 4) is 0 Å². The average molecular weight is 266 g/mol. The van der Waals surface area contributed by atoms with Crippen LogP contribution in [0.4, 0.5) is 10.5 Å². The van der Waals surface area contributed by atoms with Gasteiger partial charge in [0.25, 0.3) is 0 Å². The first-order valence-corrected chi connectivity index (χ1v) is 5.79. The molecule has 1 aromatic carbocycles. The third-order valence-electron chi connectivity index (χ3n) is 2.04. The number of nitrogens with one attached hydrogen (secondary N) is 2. The van der Waals surface area contributed by atoms with Crippen LogP contribution in [0.15, 0.2) is 24.3 Å². The second-order valence-electron chi connectivity index (χ2n) is 3.43. The zero-order valence-electron chi connectivity index (χ0n) is 10.1. The molecule has 96 valence electrons. The largest absolute Gasteiger partial charge is 0.450 e. The predicted molar refractivity (Wildman–Crippen MR) is 72.8 cm³/mol. The minimum atomic E-state index is -0.602. The van der Waals surface area contributed by atoms with Crippen LogP contribution in [0.2, 0.25) is 0 Å². The highest BCUT2D eigenvalue weighted by Gasteiger charge is 2.05. The van der Waals surface area contributed by atoms with Gasteiger partial charge in [-0.3, -0.25) is 10.1 Å². The summed E-state index contributed by atoms with van der Waals surface area (Å²) < 4.78 is 4.68. The molecule has 0 aliphatic rings. The molecule has 0 radical (unpaired) electrons. The maximum atomic E-state index is 11.1. The molecule has 0 saturated carbocycles. The van der Waals surface area contributed by atoms with Crippen LogP contribution < -0.4 is 10.6 Å². The molecule has 0 aromatic heterocycles. The van der Waals surface area contributed by atoms with E-state index < -0.39 is 6.09 Å². The first-order chi connectivity index (χ1) is 8.52. The number of alkyl carbamates (subject to hydrolysis) is 1. The minimum Gasteiger partial charge on any atom is -0.450 e. The molecule has 18 heavy (non-hydrogen) atoms. The van der Waals surface area contributed by atoms with Crippen LogP contribution >= 0.6 is 12.2 Å². The Morgan fingerprint density at radius 2 is 1.89 bits per heavy atom. The lowest BCUT2D eigenvalue weighted by Gasteiger charge is -2.09. The summed E-state index contributed by atoms with van der Waals surface area (Å²) >= 11 is 4.92. The van der Waals surface area contributed by atoms with Crippen LogP contribution in [0.3, 0.4) is 0 Å². The summed E-state index contributed by atoms with van der Waals surface area (Å²) in [6, 6.07) is 6.76. The average Bonchev–Trinajstić information content (AvgIpc) is 2.29. The highest BCUT2D eigenvalue weighted by atomic mass is 32.1. The summed E-state index contributed by atoms with van der Waals surface area (Å²) in [5, 5.41) is 5.31. The Labute approximate surface area is 111 Å². The number of benzene rings is 1. The Kier molecular flexibility index (Phi) is 5.26. The number of anilines is 1. The molecule has 1 rings (SSSR count). The second-order valence-corrected chi connectivity index (χ2v) is 3.84. The fourth-order valence-corrected chi connectivity index (χ4v) is 1.41. The van der Waals surface area contributed by atoms with E-state index in [1.54, 1.807) is 31.2 Å². The van der Waals surface area contributed by atoms with Gasteiger partial charge in [-0.1, -0.05) is 0 Å². The van der Waals surface area contributed by atoms with Crippen molar-refractivity contribution >= 4 is 34.9 Å². The summed E-state index contributed by atoms with van der Waals surface area (Å²) in [5.41, 5.74) is 1.30. The topological polar surface area (TPSA) is 67.4 Å². The van der Waals surface area contributed by atoms with Gasteiger partial charge in [-0.25, -0.2) is 4.79 Å². The molecule has 0 aliphatic heterocycles. The summed E-state index contributed by atoms with van der Waals surface area (Å²) in [6.45, 7) is 3.48. The van der Waals surface area contributed by atoms with Crippen molar-refractivity contribution in [1.82, 2.24) is 5.32 Å². The SMILES string of the molecule is CCOC(=O)NC(=S)Nc1ccc(C(C)=O)cc1. The van der Waals surface area contributed by atoms with Crippen LogP contribution in [0.1, 0.15) is 24.2 Å². The van der Waals surface area contributed by atoms with Gasteiger partial charge < -0.3 is 10.1 Å². The van der Waals surface area contributed by atoms with E-state index in [0.29, 0.717) is 11.3 Å². The fourth-order valence-electron chi connectivity index (χ4n) is 1.21. The minimum absolute atomic E-state index is 0.00576. The van der Waals surface area contributed by atoms with E-state index in [0.717, 1.165) is 0 Å². The van der Waals surface area contributed by atoms with Crippen molar-refractivity contribution in [2.24, 2.45) is 0 Å². The van der Waals surface area contributed by atoms with E-state index in [4.69, 9.17) is 12.2 Å². The van der Waals surface area contributed by atoms with Crippen LogP contribution in [-0.4, -0.2) is 23.6 Å². The first-order valence-electron chi connectivity index (χ1n) is 5.38. The van der Waals surface area contributed by atoms with Crippen molar-refractivity contribution in [1.29, 1.82) is 0 Å². The van der Waals surface area contributed by atoms with E-state index in [-0.39, 0.29) is 17.5 Å². The number of thiocarbonyl (C=S) groups is 1. The normalized spacial score (nSPS) is 9.44. The van der Waals surface area contributed by atoms with Gasteiger partial charge in [0, 0.05) is 11.3 Å². The molecule has 0 fully saturated rings. The Bertz CT molecular complexity index is 457. The number of carbonyl (C=O) groups excluding carboxylic acids is 2. The molecule has 0 spiro atoms. The molecule has 0 aliphatic carbocycles. The van der Waals surface area contributed by atoms with Crippen LogP contribution in [-0.2, 0) is 4.74 Å². The van der Waals surface area contributed by atoms with Gasteiger partial charge in [-0.15, -0.1) is 0 Å². The summed E-state index contributed by atoms with van der Waals surface area (Å²) in [4.78, 5) is 22.2. The van der Waals surface area contributed by atoms with Crippen molar-refractivity contribution in [2.75, 3.05) is 11.9 Å². The number of rotatable bonds is 3. The van der Waals surface area contributed by atoms with E-state index in [1.165, 1.54) is 6.92 Å². The van der Waals surface area contributed by atoms with E-state index in [9.17, 15) is 9.59 Å². The van der Waals surface area contributed by atoms with Crippen molar-refractivity contribution in [3.63, 3.8) is 0 Å². The van der Waals surface area contributed by atoms with Crippen LogP contribution in [0.5, 0.6) is 0 Å². The standard InChI is InChI=1S/C12H14N2O3S/c1-3-17-12(16)14-11(18)13-10-6-4-9(5-7-10)8(2)15/h4-7H,3H2,1-2H3,(H2,13,14,16,18). The molecule has 5 nitrogen and oxygen atoms in total. The molecule has 0 unspecified atom stereocenters. The lowest BCUT2D eigenvalue weighted by Crippen LogP contribution is -2.34. The molecule has 0 saturated heterocycles. The number of hydrogen-bond acceptors (Lipinski definition) is 4. The van der Waals surface area contributed by atoms with Crippen LogP contribution in [0, 0.1) is 0 Å². The Morgan fingerprint density at radius 1 is 1.28 bits per heavy atom. The van der Waals surface area contributed by atoms with Gasteiger partial charge in [0.05, 0.1) is 6.61 Å². The molecule has 0 bridgehead atoms. The molecular formula is C12H14N2O3S. The third-order valence-corrected chi connectivity index (χ3v) is 2.24. The van der Waals surface area contributed by atoms with Crippen molar-refractivity contribution < 1.29 is 14.3 Å². The first kappa shape index (κ1) is 14.1. The zero-order chi connectivity index (χ0) is 13.5. The molecule has 2 N–H and O–H groups in total. The molecule has 1 amide bonds. The molecule has 1 aromatic rings. The van der Waals surface area contributed by atoms with E-state index >= 15 is 0 Å². The van der Waals surface area contributed by atoms with Gasteiger partial charge in [0.1, 0.15) is 0 Å². The van der Waals surface area contributed by atoms with Gasteiger partial charge in [-0.2, -0.15) is 0 Å². The number of carbonyl (C=O) groups is 2. The zero-order valence-corrected chi connectivity index (χ0v) is 11.0. The van der Waals surface area contributed by atoms with Gasteiger partial charge >= 0.3 is 6.09 Å². The quantitative estimate of drug-likeness (QED) is 0.649. The van der Waals surface area contributed by atoms with Crippen molar-refractivity contribution in [3.05, 3.63) is 29.8 Å². The van der Waals surface area contributed by atoms with Gasteiger partial charge in [-0.05, 0) is 50.3 Å². The highest BCUT2D eigenvalue weighted by Crippen LogP contribution is 2.09. The number of Topliss-reactive ketones (excluding diaryl/α,β-unsaturated/α-hetero) is 1. The maximum Gasteiger partial charge on any atom is 0.413 e. The Hall–Kier alpha value is -1.95. The fraction of sp³-hybridized carbons (Fsp3) is 0.250. The predicted octanol–water partition coefficient (Wildman–Crippen LogP) is 2.33. The number of ether oxygens (including phenoxy) is 1. The summed E-state index contributed by atoms with van der Waals surface area (Å²) in [7, 11) is 0. The lowest BCUT2D eigenvalue weighted by molar-refractivity contribution is 0.101. The number of hydrogen-bond donors (Lipinski definition) is 2. The lowest BCUT2D eigenvalue weighted by atomic mass is 10.1.